The summed E-state index contributed by atoms with van der Waals surface area (Å²) in [5.41, 5.74) is 4.44. The topological polar surface area (TPSA) is 142 Å². The maximum absolute atomic E-state index is 13.3. The first-order chi connectivity index (χ1) is 24.6. The molecule has 0 aliphatic carbocycles. The van der Waals surface area contributed by atoms with E-state index in [1.807, 2.05) is 17.0 Å². The summed E-state index contributed by atoms with van der Waals surface area (Å²) in [5, 5.41) is 16.9. The molecule has 4 aromatic rings. The molecule has 0 unspecified atom stereocenters. The maximum Gasteiger partial charge on any atom is 0.274 e. The summed E-state index contributed by atoms with van der Waals surface area (Å²) >= 11 is 13.9. The lowest BCUT2D eigenvalue weighted by Crippen LogP contribution is -2.44. The van der Waals surface area contributed by atoms with Crippen LogP contribution >= 0.6 is 23.2 Å². The number of likely N-dealkylation sites (tertiary alicyclic amines) is 2. The predicted octanol–water partition coefficient (Wildman–Crippen LogP) is 5.45. The minimum atomic E-state index is -0.462. The fourth-order valence-electron chi connectivity index (χ4n) is 6.51. The Morgan fingerprint density at radius 3 is 2.47 bits per heavy atom. The number of amides is 2. The van der Waals surface area contributed by atoms with Gasteiger partial charge in [0.2, 0.25) is 11.8 Å². The number of nitrogens with zero attached hydrogens (tertiary/aromatic N) is 5. The highest BCUT2D eigenvalue weighted by Crippen LogP contribution is 2.40. The van der Waals surface area contributed by atoms with Crippen molar-refractivity contribution in [2.75, 3.05) is 45.7 Å². The van der Waals surface area contributed by atoms with E-state index in [-0.39, 0.29) is 22.7 Å². The first kappa shape index (κ1) is 36.5. The number of aromatic nitrogens is 3. The number of piperidine rings is 1. The summed E-state index contributed by atoms with van der Waals surface area (Å²) in [6.07, 6.45) is 5.43. The van der Waals surface area contributed by atoms with Crippen LogP contribution in [0.3, 0.4) is 0 Å². The Hall–Kier alpha value is -4.33. The zero-order valence-electron chi connectivity index (χ0n) is 28.8. The number of hydrogen-bond acceptors (Lipinski definition) is 10. The van der Waals surface area contributed by atoms with E-state index in [4.69, 9.17) is 37.7 Å². The van der Waals surface area contributed by atoms with Gasteiger partial charge in [0.15, 0.2) is 0 Å². The Morgan fingerprint density at radius 2 is 1.76 bits per heavy atom. The third kappa shape index (κ3) is 8.43. The molecule has 268 valence electrons. The third-order valence-corrected chi connectivity index (χ3v) is 10.1. The highest BCUT2D eigenvalue weighted by atomic mass is 35.5. The average molecular weight is 735 g/mol. The molecule has 2 amide bonds. The zero-order chi connectivity index (χ0) is 36.1. The highest BCUT2D eigenvalue weighted by molar-refractivity contribution is 6.39. The molecule has 51 heavy (non-hydrogen) atoms. The molecule has 0 bridgehead atoms. The van der Waals surface area contributed by atoms with Gasteiger partial charge in [0.05, 0.1) is 47.4 Å². The van der Waals surface area contributed by atoms with Crippen LogP contribution in [0.4, 0.5) is 5.69 Å². The summed E-state index contributed by atoms with van der Waals surface area (Å²) in [4.78, 5) is 42.7. The van der Waals surface area contributed by atoms with Gasteiger partial charge in [-0.2, -0.15) is 0 Å². The lowest BCUT2D eigenvalue weighted by molar-refractivity contribution is -0.129. The molecule has 2 saturated heterocycles. The van der Waals surface area contributed by atoms with E-state index in [0.717, 1.165) is 50.0 Å². The summed E-state index contributed by atoms with van der Waals surface area (Å²) in [6, 6.07) is 12.8. The average Bonchev–Trinajstić information content (AvgIpc) is 3.56. The van der Waals surface area contributed by atoms with E-state index in [1.165, 1.54) is 0 Å². The van der Waals surface area contributed by atoms with Gasteiger partial charge in [0, 0.05) is 92.9 Å². The van der Waals surface area contributed by atoms with E-state index < -0.39 is 5.91 Å². The van der Waals surface area contributed by atoms with Crippen LogP contribution in [0.15, 0.2) is 54.9 Å². The van der Waals surface area contributed by atoms with Crippen molar-refractivity contribution < 1.29 is 24.2 Å². The van der Waals surface area contributed by atoms with Crippen LogP contribution in [0.25, 0.3) is 22.5 Å². The van der Waals surface area contributed by atoms with Crippen molar-refractivity contribution in [3.05, 3.63) is 81.7 Å². The molecule has 1 aromatic carbocycles. The second-order valence-electron chi connectivity index (χ2n) is 12.7. The normalized spacial score (nSPS) is 16.7. The largest absolute Gasteiger partial charge is 0.496 e. The van der Waals surface area contributed by atoms with Crippen LogP contribution in [0.5, 0.6) is 11.6 Å². The van der Waals surface area contributed by atoms with Gasteiger partial charge in [-0.05, 0) is 37.5 Å². The number of nitrogens with one attached hydrogen (secondary N) is 2. The standard InChI is InChI=1S/C37H41Cl2N7O5/c1-22(47)46-15-10-25(11-16-46)41-18-23-7-8-29(44-37(23)51-3)27-9-13-40-35(34(27)39)28-5-4-6-30(33(28)38)43-36(49)31-17-32(50-2)24(19-42-31)20-45-14-12-26(48)21-45/h4-9,13,17,19,25-26,41,48H,10-12,14-16,18,20-21H2,1-3H3,(H,43,49)/t26-/m1/s1. The van der Waals surface area contributed by atoms with Gasteiger partial charge in [-0.3, -0.25) is 24.5 Å². The first-order valence-electron chi connectivity index (χ1n) is 16.9. The van der Waals surface area contributed by atoms with Gasteiger partial charge in [0.1, 0.15) is 11.4 Å². The number of carbonyl (C=O) groups is 2. The Bertz CT molecular complexity index is 1900. The van der Waals surface area contributed by atoms with Gasteiger partial charge >= 0.3 is 0 Å². The van der Waals surface area contributed by atoms with Crippen LogP contribution in [0.2, 0.25) is 10.0 Å². The summed E-state index contributed by atoms with van der Waals surface area (Å²) in [6.45, 7) is 5.60. The van der Waals surface area contributed by atoms with Crippen molar-refractivity contribution in [2.24, 2.45) is 0 Å². The van der Waals surface area contributed by atoms with E-state index in [9.17, 15) is 14.7 Å². The van der Waals surface area contributed by atoms with E-state index in [2.05, 4.69) is 25.5 Å². The van der Waals surface area contributed by atoms with E-state index in [1.54, 1.807) is 63.9 Å². The Kier molecular flexibility index (Phi) is 11.7. The number of halogens is 2. The Labute approximate surface area is 307 Å². The van der Waals surface area contributed by atoms with Gasteiger partial charge in [0.25, 0.3) is 5.91 Å². The van der Waals surface area contributed by atoms with Crippen molar-refractivity contribution in [3.63, 3.8) is 0 Å². The fourth-order valence-corrected chi connectivity index (χ4v) is 7.08. The minimum Gasteiger partial charge on any atom is -0.496 e. The lowest BCUT2D eigenvalue weighted by Gasteiger charge is -2.31. The number of ether oxygens (including phenoxy) is 2. The van der Waals surface area contributed by atoms with Gasteiger partial charge in [-0.25, -0.2) is 4.98 Å². The van der Waals surface area contributed by atoms with Gasteiger partial charge in [-0.15, -0.1) is 0 Å². The van der Waals surface area contributed by atoms with Crippen LogP contribution in [0, 0.1) is 0 Å². The SMILES string of the molecule is COc1cc(C(=O)Nc2cccc(-c3nccc(-c4ccc(CNC5CCN(C(C)=O)CC5)c(OC)n4)c3Cl)c2Cl)ncc1CN1CC[C@@H](O)C1. The maximum atomic E-state index is 13.3. The van der Waals surface area contributed by atoms with Crippen LogP contribution in [-0.2, 0) is 17.9 Å². The van der Waals surface area contributed by atoms with Crippen molar-refractivity contribution >= 4 is 40.7 Å². The molecular weight excluding hydrogens is 693 g/mol. The highest BCUT2D eigenvalue weighted by Gasteiger charge is 2.24. The smallest absolute Gasteiger partial charge is 0.274 e. The third-order valence-electron chi connectivity index (χ3n) is 9.36. The van der Waals surface area contributed by atoms with Crippen molar-refractivity contribution in [3.8, 4) is 34.1 Å². The van der Waals surface area contributed by atoms with Crippen molar-refractivity contribution in [1.82, 2.24) is 30.1 Å². The van der Waals surface area contributed by atoms with Crippen LogP contribution in [-0.4, -0.2) is 94.2 Å². The molecule has 14 heteroatoms. The molecule has 5 heterocycles. The molecule has 6 rings (SSSR count). The molecule has 2 aliphatic rings. The predicted molar refractivity (Wildman–Crippen MR) is 196 cm³/mol. The number of methoxy groups -OCH3 is 2. The molecule has 0 radical (unpaired) electrons. The second-order valence-corrected chi connectivity index (χ2v) is 13.5. The van der Waals surface area contributed by atoms with Crippen LogP contribution in [0.1, 0.15) is 47.8 Å². The molecule has 12 nitrogen and oxygen atoms in total. The molecule has 2 fully saturated rings. The number of anilines is 1. The van der Waals surface area contributed by atoms with E-state index >= 15 is 0 Å². The molecule has 3 N–H and O–H groups in total. The second kappa shape index (κ2) is 16.3. The molecule has 1 atom stereocenters. The van der Waals surface area contributed by atoms with Crippen molar-refractivity contribution in [2.45, 2.75) is 51.4 Å². The quantitative estimate of drug-likeness (QED) is 0.182. The van der Waals surface area contributed by atoms with Gasteiger partial charge < -0.3 is 30.1 Å². The number of hydrogen-bond donors (Lipinski definition) is 3. The monoisotopic (exact) mass is 733 g/mol. The fraction of sp³-hybridized carbons (Fsp3) is 0.378. The molecule has 3 aromatic heterocycles. The summed E-state index contributed by atoms with van der Waals surface area (Å²) < 4.78 is 11.2. The van der Waals surface area contributed by atoms with Crippen molar-refractivity contribution in [1.29, 1.82) is 0 Å². The molecular formula is C37H41Cl2N7O5. The Balaban J connectivity index is 1.17. The lowest BCUT2D eigenvalue weighted by atomic mass is 10.0. The first-order valence-corrected chi connectivity index (χ1v) is 17.6. The number of aliphatic hydroxyl groups excluding tert-OH is 1. The number of carbonyl (C=O) groups excluding carboxylic acids is 2. The summed E-state index contributed by atoms with van der Waals surface area (Å²) in [7, 11) is 3.13. The number of pyridine rings is 3. The molecule has 2 aliphatic heterocycles. The zero-order valence-corrected chi connectivity index (χ0v) is 30.3. The number of rotatable bonds is 11. The summed E-state index contributed by atoms with van der Waals surface area (Å²) in [5.74, 6) is 0.662. The number of aliphatic hydroxyl groups is 1. The molecule has 0 saturated carbocycles. The van der Waals surface area contributed by atoms with Crippen LogP contribution < -0.4 is 20.1 Å². The minimum absolute atomic E-state index is 0.113. The number of β-amino-alcohol motifs (C(OH)–C–C–N with tert-alkyl or cyclic N) is 1. The Morgan fingerprint density at radius 1 is 0.961 bits per heavy atom. The molecule has 0 spiro atoms. The van der Waals surface area contributed by atoms with E-state index in [0.29, 0.717) is 70.5 Å². The van der Waals surface area contributed by atoms with Gasteiger partial charge in [-0.1, -0.05) is 41.4 Å². The number of benzene rings is 1.